The summed E-state index contributed by atoms with van der Waals surface area (Å²) >= 11 is 0. The van der Waals surface area contributed by atoms with Crippen LogP contribution in [0.2, 0.25) is 0 Å². The second kappa shape index (κ2) is 9.36. The van der Waals surface area contributed by atoms with Crippen molar-refractivity contribution in [2.75, 3.05) is 5.73 Å². The summed E-state index contributed by atoms with van der Waals surface area (Å²) < 4.78 is 74.0. The maximum atomic E-state index is 14.0. The van der Waals surface area contributed by atoms with E-state index in [1.54, 1.807) is 0 Å². The van der Waals surface area contributed by atoms with E-state index in [1.807, 2.05) is 0 Å². The van der Waals surface area contributed by atoms with E-state index in [4.69, 9.17) is 10.5 Å². The van der Waals surface area contributed by atoms with Gasteiger partial charge in [0.05, 0.1) is 17.1 Å². The number of alkyl halides is 3. The van der Waals surface area contributed by atoms with Gasteiger partial charge < -0.3 is 20.4 Å². The van der Waals surface area contributed by atoms with E-state index in [0.717, 1.165) is 18.2 Å². The molecule has 0 aliphatic heterocycles. The van der Waals surface area contributed by atoms with Crippen molar-refractivity contribution in [3.05, 3.63) is 88.1 Å². The Kier molecular flexibility index (Phi) is 6.47. The number of nitrogen functional groups attached to an aromatic ring is 1. The number of anilines is 1. The summed E-state index contributed by atoms with van der Waals surface area (Å²) in [6, 6.07) is 8.19. The molecule has 10 heteroatoms. The first kappa shape index (κ1) is 24.2. The van der Waals surface area contributed by atoms with Gasteiger partial charge in [-0.15, -0.1) is 0 Å². The Labute approximate surface area is 196 Å². The number of pyridine rings is 1. The Morgan fingerprint density at radius 1 is 1.06 bits per heavy atom. The second-order valence-electron chi connectivity index (χ2n) is 8.01. The molecular weight excluding hydrogens is 471 g/mol. The normalized spacial score (nSPS) is 13.9. The first-order valence-electron chi connectivity index (χ1n) is 10.5. The minimum Gasteiger partial charge on any atom is -0.545 e. The highest BCUT2D eigenvalue weighted by atomic mass is 19.4. The number of benzene rings is 2. The van der Waals surface area contributed by atoms with Gasteiger partial charge in [0.1, 0.15) is 18.2 Å². The van der Waals surface area contributed by atoms with E-state index in [9.17, 15) is 31.9 Å². The molecule has 1 heterocycles. The summed E-state index contributed by atoms with van der Waals surface area (Å²) in [4.78, 5) is 15.2. The lowest BCUT2D eigenvalue weighted by molar-refractivity contribution is -0.255. The Morgan fingerprint density at radius 3 is 2.40 bits per heavy atom. The predicted octanol–water partition coefficient (Wildman–Crippen LogP) is 5.00. The Balaban J connectivity index is 1.83. The lowest BCUT2D eigenvalue weighted by atomic mass is 9.95. The molecule has 0 fully saturated rings. The molecule has 182 valence electrons. The van der Waals surface area contributed by atoms with E-state index in [-0.39, 0.29) is 22.7 Å². The van der Waals surface area contributed by atoms with Gasteiger partial charge in [0, 0.05) is 17.4 Å². The second-order valence-corrected chi connectivity index (χ2v) is 8.01. The number of ether oxygens (including phenoxy) is 1. The van der Waals surface area contributed by atoms with Gasteiger partial charge in [-0.2, -0.15) is 13.2 Å². The van der Waals surface area contributed by atoms with Gasteiger partial charge in [-0.3, -0.25) is 0 Å². The summed E-state index contributed by atoms with van der Waals surface area (Å²) in [7, 11) is 0. The van der Waals surface area contributed by atoms with Gasteiger partial charge in [0.25, 0.3) is 0 Å². The predicted molar refractivity (Wildman–Crippen MR) is 116 cm³/mol. The lowest BCUT2D eigenvalue weighted by Gasteiger charge is -2.17. The highest BCUT2D eigenvalue weighted by Gasteiger charge is 2.33. The van der Waals surface area contributed by atoms with E-state index < -0.39 is 41.5 Å². The van der Waals surface area contributed by atoms with E-state index in [1.165, 1.54) is 24.3 Å². The van der Waals surface area contributed by atoms with Crippen LogP contribution < -0.4 is 15.6 Å². The molecule has 0 amide bonds. The van der Waals surface area contributed by atoms with Crippen LogP contribution in [0, 0.1) is 11.6 Å². The molecule has 1 aromatic heterocycles. The van der Waals surface area contributed by atoms with Crippen molar-refractivity contribution in [2.45, 2.75) is 32.0 Å². The van der Waals surface area contributed by atoms with Crippen molar-refractivity contribution in [3.63, 3.8) is 0 Å². The standard InChI is InChI=1S/C25H19F5N2O3/c26-21-5-2-6-22(27)20(21)12-35-23-19(10-15(11-32-23)25(28,29)30)18-4-1-3-17(18)13-7-14(24(33)34)9-16(31)8-13/h2,5-11H,1,3-4,12,31H2,(H,33,34)/p-1. The van der Waals surface area contributed by atoms with Crippen molar-refractivity contribution >= 4 is 22.8 Å². The summed E-state index contributed by atoms with van der Waals surface area (Å²) in [5.74, 6) is -3.42. The van der Waals surface area contributed by atoms with Crippen LogP contribution in [0.4, 0.5) is 27.6 Å². The number of carboxylic acids is 1. The minimum atomic E-state index is -4.70. The number of carboxylic acid groups (broad SMARTS) is 1. The average molecular weight is 489 g/mol. The van der Waals surface area contributed by atoms with Crippen molar-refractivity contribution in [2.24, 2.45) is 0 Å². The molecular formula is C25H18F5N2O3-. The van der Waals surface area contributed by atoms with Gasteiger partial charge in [-0.05, 0) is 77.9 Å². The molecule has 4 rings (SSSR count). The molecule has 0 saturated carbocycles. The molecule has 1 aliphatic rings. The van der Waals surface area contributed by atoms with Crippen molar-refractivity contribution < 1.29 is 36.6 Å². The maximum absolute atomic E-state index is 14.0. The quantitative estimate of drug-likeness (QED) is 0.389. The van der Waals surface area contributed by atoms with Crippen LogP contribution in [0.3, 0.4) is 0 Å². The summed E-state index contributed by atoms with van der Waals surface area (Å²) in [6.07, 6.45) is -2.77. The monoisotopic (exact) mass is 489 g/mol. The van der Waals surface area contributed by atoms with Crippen LogP contribution in [0.5, 0.6) is 5.88 Å². The van der Waals surface area contributed by atoms with Gasteiger partial charge in [0.15, 0.2) is 0 Å². The molecule has 1 aliphatic carbocycles. The highest BCUT2D eigenvalue weighted by Crippen LogP contribution is 2.44. The number of aromatic nitrogens is 1. The molecule has 0 spiro atoms. The third-order valence-electron chi connectivity index (χ3n) is 5.68. The van der Waals surface area contributed by atoms with Gasteiger partial charge in [-0.1, -0.05) is 6.07 Å². The van der Waals surface area contributed by atoms with Crippen LogP contribution in [-0.4, -0.2) is 11.0 Å². The molecule has 0 atom stereocenters. The van der Waals surface area contributed by atoms with Crippen molar-refractivity contribution in [1.29, 1.82) is 0 Å². The summed E-state index contributed by atoms with van der Waals surface area (Å²) in [6.45, 7) is -0.598. The Bertz CT molecular complexity index is 1310. The number of halogens is 5. The van der Waals surface area contributed by atoms with Crippen molar-refractivity contribution in [3.8, 4) is 5.88 Å². The zero-order valence-electron chi connectivity index (χ0n) is 18.1. The third-order valence-corrected chi connectivity index (χ3v) is 5.68. The molecule has 0 radical (unpaired) electrons. The Morgan fingerprint density at radius 2 is 1.74 bits per heavy atom. The summed E-state index contributed by atoms with van der Waals surface area (Å²) in [5, 5.41) is 11.4. The first-order valence-corrected chi connectivity index (χ1v) is 10.5. The van der Waals surface area contributed by atoms with E-state index in [0.29, 0.717) is 42.2 Å². The molecule has 35 heavy (non-hydrogen) atoms. The molecule has 0 saturated heterocycles. The topological polar surface area (TPSA) is 88.3 Å². The zero-order valence-corrected chi connectivity index (χ0v) is 18.1. The number of aromatic carboxylic acids is 1. The van der Waals surface area contributed by atoms with Crippen LogP contribution in [0.1, 0.15) is 51.9 Å². The fourth-order valence-electron chi connectivity index (χ4n) is 4.05. The molecule has 3 aromatic rings. The van der Waals surface area contributed by atoms with Gasteiger partial charge in [-0.25, -0.2) is 13.8 Å². The fraction of sp³-hybridized carbons (Fsp3) is 0.200. The molecule has 0 unspecified atom stereocenters. The number of nitrogens with two attached hydrogens (primary N) is 1. The van der Waals surface area contributed by atoms with Crippen LogP contribution in [0.25, 0.3) is 11.1 Å². The first-order chi connectivity index (χ1) is 16.5. The maximum Gasteiger partial charge on any atom is 0.417 e. The number of hydrogen-bond donors (Lipinski definition) is 1. The number of allylic oxidation sites excluding steroid dienone is 2. The lowest BCUT2D eigenvalue weighted by Crippen LogP contribution is -2.22. The van der Waals surface area contributed by atoms with E-state index >= 15 is 0 Å². The van der Waals surface area contributed by atoms with Gasteiger partial charge in [0.2, 0.25) is 5.88 Å². The molecule has 2 N–H and O–H groups in total. The van der Waals surface area contributed by atoms with Crippen LogP contribution in [0.15, 0.2) is 48.7 Å². The van der Waals surface area contributed by atoms with Crippen LogP contribution >= 0.6 is 0 Å². The minimum absolute atomic E-state index is 0.00139. The van der Waals surface area contributed by atoms with Gasteiger partial charge >= 0.3 is 6.18 Å². The smallest absolute Gasteiger partial charge is 0.417 e. The molecule has 2 aromatic carbocycles. The Hall–Kier alpha value is -3.95. The van der Waals surface area contributed by atoms with Crippen LogP contribution in [-0.2, 0) is 12.8 Å². The molecule has 0 bridgehead atoms. The number of hydrogen-bond acceptors (Lipinski definition) is 5. The number of carbonyl (C=O) groups is 1. The number of nitrogens with zero attached hydrogens (tertiary/aromatic N) is 1. The van der Waals surface area contributed by atoms with Crippen molar-refractivity contribution in [1.82, 2.24) is 4.98 Å². The fourth-order valence-corrected chi connectivity index (χ4v) is 4.05. The third kappa shape index (κ3) is 5.11. The largest absolute Gasteiger partial charge is 0.545 e. The molecule has 5 nitrogen and oxygen atoms in total. The highest BCUT2D eigenvalue weighted by molar-refractivity contribution is 5.96. The zero-order chi connectivity index (χ0) is 25.3. The average Bonchev–Trinajstić information content (AvgIpc) is 3.27. The number of rotatable bonds is 6. The SMILES string of the molecule is Nc1cc(C(=O)[O-])cc(C2=C(c3cc(C(F)(F)F)cnc3OCc3c(F)cccc3F)CCC2)c1. The van der Waals surface area contributed by atoms with E-state index in [2.05, 4.69) is 4.98 Å². The number of carbonyl (C=O) groups excluding carboxylic acids is 1. The summed E-state index contributed by atoms with van der Waals surface area (Å²) in [5.41, 5.74) is 5.82.